The molecule has 4 nitrogen and oxygen atoms in total. The molecule has 10 aromatic carbocycles. The molecule has 0 atom stereocenters. The molecule has 0 unspecified atom stereocenters. The van der Waals surface area contributed by atoms with Gasteiger partial charge in [0.2, 0.25) is 0 Å². The Labute approximate surface area is 328 Å². The third-order valence-corrected chi connectivity index (χ3v) is 11.6. The van der Waals surface area contributed by atoms with Gasteiger partial charge in [-0.05, 0) is 85.2 Å². The van der Waals surface area contributed by atoms with E-state index in [9.17, 15) is 0 Å². The summed E-state index contributed by atoms with van der Waals surface area (Å²) in [5.41, 5.74) is 8.86. The lowest BCUT2D eigenvalue weighted by atomic mass is 9.89. The summed E-state index contributed by atoms with van der Waals surface area (Å²) >= 11 is 0. The van der Waals surface area contributed by atoms with Gasteiger partial charge in [-0.25, -0.2) is 15.0 Å². The van der Waals surface area contributed by atoms with Gasteiger partial charge in [0.15, 0.2) is 17.5 Å². The van der Waals surface area contributed by atoms with E-state index in [-0.39, 0.29) is 0 Å². The summed E-state index contributed by atoms with van der Waals surface area (Å²) in [4.78, 5) is 15.1. The first-order valence-corrected chi connectivity index (χ1v) is 19.4. The molecule has 0 aliphatic rings. The first-order chi connectivity index (χ1) is 28.3. The molecule has 264 valence electrons. The number of rotatable bonds is 5. The molecule has 0 N–H and O–H groups in total. The van der Waals surface area contributed by atoms with Crippen LogP contribution in [-0.4, -0.2) is 19.5 Å². The molecule has 2 heterocycles. The molecule has 4 heteroatoms. The second-order valence-electron chi connectivity index (χ2n) is 14.7. The van der Waals surface area contributed by atoms with Crippen molar-refractivity contribution in [3.63, 3.8) is 0 Å². The summed E-state index contributed by atoms with van der Waals surface area (Å²) < 4.78 is 2.46. The number of aromatic nitrogens is 4. The minimum absolute atomic E-state index is 0.651. The number of hydrogen-bond donors (Lipinski definition) is 0. The highest BCUT2D eigenvalue weighted by Gasteiger charge is 2.23. The molecule has 0 aliphatic carbocycles. The van der Waals surface area contributed by atoms with Crippen LogP contribution >= 0.6 is 0 Å². The molecule has 0 saturated heterocycles. The minimum atomic E-state index is 0.651. The van der Waals surface area contributed by atoms with Gasteiger partial charge in [0.05, 0.1) is 11.0 Å². The van der Waals surface area contributed by atoms with Crippen molar-refractivity contribution < 1.29 is 0 Å². The van der Waals surface area contributed by atoms with Crippen molar-refractivity contribution in [2.24, 2.45) is 0 Å². The van der Waals surface area contributed by atoms with Crippen LogP contribution in [0.3, 0.4) is 0 Å². The fourth-order valence-corrected chi connectivity index (χ4v) is 9.05. The summed E-state index contributed by atoms with van der Waals surface area (Å²) in [7, 11) is 0. The van der Waals surface area contributed by atoms with E-state index in [1.165, 1.54) is 70.9 Å². The monoisotopic (exact) mass is 724 g/mol. The van der Waals surface area contributed by atoms with E-state index in [0.29, 0.717) is 17.5 Å². The first kappa shape index (κ1) is 31.6. The molecule has 0 spiro atoms. The topological polar surface area (TPSA) is 43.6 Å². The molecular weight excluding hydrogens is 693 g/mol. The van der Waals surface area contributed by atoms with Crippen LogP contribution in [0.4, 0.5) is 0 Å². The van der Waals surface area contributed by atoms with Crippen molar-refractivity contribution in [1.82, 2.24) is 19.5 Å². The fourth-order valence-electron chi connectivity index (χ4n) is 9.05. The highest BCUT2D eigenvalue weighted by atomic mass is 15.0. The standard InChI is InChI=1S/C53H32N4/c1-4-15-33(16-5-1)51-54-52(34-17-6-2-7-18-34)56-53(55-51)44-30-29-38(40-23-12-13-24-41(40)44)36-27-28-42-45(31-36)43-25-14-26-47-48(43)49-46(42)32-35-19-10-11-22-39(35)50(49)57(47)37-20-8-3-9-21-37/h1-32H. The lowest BCUT2D eigenvalue weighted by Crippen LogP contribution is -2.00. The smallest absolute Gasteiger partial charge is 0.164 e. The quantitative estimate of drug-likeness (QED) is 0.131. The van der Waals surface area contributed by atoms with Gasteiger partial charge in [0, 0.05) is 38.5 Å². The maximum Gasteiger partial charge on any atom is 0.164 e. The Morgan fingerprint density at radius 1 is 0.316 bits per heavy atom. The second-order valence-corrected chi connectivity index (χ2v) is 14.7. The molecule has 2 aromatic heterocycles. The highest BCUT2D eigenvalue weighted by Crippen LogP contribution is 2.47. The number of fused-ring (bicyclic) bond motifs is 6. The molecule has 0 saturated carbocycles. The van der Waals surface area contributed by atoms with Gasteiger partial charge in [-0.2, -0.15) is 0 Å². The summed E-state index contributed by atoms with van der Waals surface area (Å²) in [5, 5.41) is 12.4. The van der Waals surface area contributed by atoms with Gasteiger partial charge in [-0.3, -0.25) is 0 Å². The Balaban J connectivity index is 1.10. The average Bonchev–Trinajstić information content (AvgIpc) is 3.65. The second kappa shape index (κ2) is 12.4. The number of benzene rings is 10. The van der Waals surface area contributed by atoms with Crippen LogP contribution in [0.2, 0.25) is 0 Å². The van der Waals surface area contributed by atoms with E-state index in [1.54, 1.807) is 0 Å². The van der Waals surface area contributed by atoms with Gasteiger partial charge in [0.25, 0.3) is 0 Å². The molecule has 57 heavy (non-hydrogen) atoms. The minimum Gasteiger partial charge on any atom is -0.309 e. The van der Waals surface area contributed by atoms with Crippen LogP contribution in [0.1, 0.15) is 0 Å². The van der Waals surface area contributed by atoms with E-state index in [0.717, 1.165) is 27.5 Å². The number of para-hydroxylation sites is 1. The van der Waals surface area contributed by atoms with E-state index >= 15 is 0 Å². The van der Waals surface area contributed by atoms with Crippen molar-refractivity contribution in [3.05, 3.63) is 194 Å². The van der Waals surface area contributed by atoms with Gasteiger partial charge in [0.1, 0.15) is 0 Å². The third-order valence-electron chi connectivity index (χ3n) is 11.6. The maximum absolute atomic E-state index is 5.09. The van der Waals surface area contributed by atoms with Crippen LogP contribution in [0.5, 0.6) is 0 Å². The summed E-state index contributed by atoms with van der Waals surface area (Å²) in [6.45, 7) is 0. The van der Waals surface area contributed by atoms with Gasteiger partial charge >= 0.3 is 0 Å². The van der Waals surface area contributed by atoms with E-state index < -0.39 is 0 Å². The Hall–Kier alpha value is -7.69. The Morgan fingerprint density at radius 3 is 1.61 bits per heavy atom. The van der Waals surface area contributed by atoms with E-state index in [4.69, 9.17) is 15.0 Å². The number of nitrogens with zero attached hydrogens (tertiary/aromatic N) is 4. The summed E-state index contributed by atoms with van der Waals surface area (Å²) in [6, 6.07) is 69.2. The zero-order valence-electron chi connectivity index (χ0n) is 30.8. The molecular formula is C53H32N4. The maximum atomic E-state index is 5.09. The van der Waals surface area contributed by atoms with Crippen LogP contribution in [0.25, 0.3) is 116 Å². The molecule has 0 bridgehead atoms. The van der Waals surface area contributed by atoms with Crippen LogP contribution < -0.4 is 0 Å². The van der Waals surface area contributed by atoms with Crippen molar-refractivity contribution in [2.45, 2.75) is 0 Å². The predicted octanol–water partition coefficient (Wildman–Crippen LogP) is 13.7. The van der Waals surface area contributed by atoms with Gasteiger partial charge in [-0.1, -0.05) is 158 Å². The lowest BCUT2D eigenvalue weighted by Gasteiger charge is -2.15. The van der Waals surface area contributed by atoms with Crippen LogP contribution in [0, 0.1) is 0 Å². The van der Waals surface area contributed by atoms with Gasteiger partial charge in [-0.15, -0.1) is 0 Å². The molecule has 12 aromatic rings. The highest BCUT2D eigenvalue weighted by molar-refractivity contribution is 6.38. The Bertz CT molecular complexity index is 3440. The van der Waals surface area contributed by atoms with Crippen molar-refractivity contribution in [3.8, 4) is 51.0 Å². The Kier molecular flexibility index (Phi) is 6.89. The van der Waals surface area contributed by atoms with Crippen LogP contribution in [0.15, 0.2) is 194 Å². The molecule has 0 aliphatic heterocycles. The average molecular weight is 725 g/mol. The van der Waals surface area contributed by atoms with Gasteiger partial charge < -0.3 is 4.57 Å². The van der Waals surface area contributed by atoms with Crippen molar-refractivity contribution >= 4 is 64.9 Å². The molecule has 0 amide bonds. The zero-order valence-corrected chi connectivity index (χ0v) is 30.8. The summed E-state index contributed by atoms with van der Waals surface area (Å²) in [5.74, 6) is 1.96. The van der Waals surface area contributed by atoms with E-state index in [1.807, 2.05) is 60.7 Å². The zero-order chi connectivity index (χ0) is 37.5. The van der Waals surface area contributed by atoms with Crippen LogP contribution in [-0.2, 0) is 0 Å². The first-order valence-electron chi connectivity index (χ1n) is 19.4. The van der Waals surface area contributed by atoms with Crippen molar-refractivity contribution in [1.29, 1.82) is 0 Å². The normalized spacial score (nSPS) is 11.9. The lowest BCUT2D eigenvalue weighted by molar-refractivity contribution is 1.08. The molecule has 12 rings (SSSR count). The summed E-state index contributed by atoms with van der Waals surface area (Å²) in [6.07, 6.45) is 0. The van der Waals surface area contributed by atoms with Crippen molar-refractivity contribution in [2.75, 3.05) is 0 Å². The SMILES string of the molecule is c1ccc(-c2nc(-c3ccccc3)nc(-c3ccc(-c4ccc5c(c4)c4cccc6c4c4c5cc5ccccc5c4n6-c4ccccc4)c4ccccc34)n2)cc1. The largest absolute Gasteiger partial charge is 0.309 e. The third kappa shape index (κ3) is 4.84. The Morgan fingerprint density at radius 2 is 0.895 bits per heavy atom. The molecule has 0 fully saturated rings. The number of hydrogen-bond acceptors (Lipinski definition) is 3. The van der Waals surface area contributed by atoms with E-state index in [2.05, 4.69) is 138 Å². The molecule has 0 radical (unpaired) electrons. The fraction of sp³-hybridized carbons (Fsp3) is 0. The predicted molar refractivity (Wildman–Crippen MR) is 237 cm³/mol.